The molecule has 0 aromatic carbocycles. The third-order valence-corrected chi connectivity index (χ3v) is 4.50. The predicted octanol–water partition coefficient (Wildman–Crippen LogP) is -0.764. The van der Waals surface area contributed by atoms with Crippen LogP contribution in [0.3, 0.4) is 0 Å². The highest BCUT2D eigenvalue weighted by molar-refractivity contribution is 5.78. The number of amides is 1. The minimum Gasteiger partial charge on any atom is -0.333 e. The molecule has 0 radical (unpaired) electrons. The van der Waals surface area contributed by atoms with Gasteiger partial charge in [-0.2, -0.15) is 5.26 Å². The van der Waals surface area contributed by atoms with Crippen LogP contribution in [0.2, 0.25) is 0 Å². The zero-order chi connectivity index (χ0) is 16.9. The van der Waals surface area contributed by atoms with E-state index in [2.05, 4.69) is 26.3 Å². The van der Waals surface area contributed by atoms with Crippen LogP contribution in [0.15, 0.2) is 18.5 Å². The van der Waals surface area contributed by atoms with Gasteiger partial charge in [0.05, 0.1) is 32.2 Å². The van der Waals surface area contributed by atoms with Crippen LogP contribution in [0.5, 0.6) is 0 Å². The predicted molar refractivity (Wildman–Crippen MR) is 86.8 cm³/mol. The third kappa shape index (κ3) is 4.39. The molecule has 2 heterocycles. The van der Waals surface area contributed by atoms with Gasteiger partial charge in [-0.15, -0.1) is 0 Å². The number of quaternary nitrogens is 1. The molecule has 0 spiro atoms. The van der Waals surface area contributed by atoms with Crippen molar-refractivity contribution in [3.05, 3.63) is 18.5 Å². The Kier molecular flexibility index (Phi) is 5.50. The molecule has 1 aliphatic rings. The van der Waals surface area contributed by atoms with E-state index in [1.165, 1.54) is 4.90 Å². The van der Waals surface area contributed by atoms with Crippen LogP contribution in [0, 0.1) is 17.2 Å². The largest absolute Gasteiger partial charge is 0.333 e. The average molecular weight is 317 g/mol. The van der Waals surface area contributed by atoms with Crippen LogP contribution in [0.25, 0.3) is 0 Å². The van der Waals surface area contributed by atoms with Crippen LogP contribution in [-0.2, 0) is 4.79 Å². The first-order valence-electron chi connectivity index (χ1n) is 8.02. The molecule has 7 nitrogen and oxygen atoms in total. The lowest BCUT2D eigenvalue weighted by molar-refractivity contribution is -0.892. The van der Waals surface area contributed by atoms with Crippen molar-refractivity contribution >= 4 is 11.9 Å². The van der Waals surface area contributed by atoms with Crippen molar-refractivity contribution in [2.75, 3.05) is 37.6 Å². The number of hydrogen-bond acceptors (Lipinski definition) is 5. The third-order valence-electron chi connectivity index (χ3n) is 4.50. The molecule has 1 fully saturated rings. The normalized spacial score (nSPS) is 18.3. The number of rotatable bonds is 5. The van der Waals surface area contributed by atoms with Gasteiger partial charge < -0.3 is 15.1 Å². The molecule has 1 saturated heterocycles. The van der Waals surface area contributed by atoms with Gasteiger partial charge in [-0.05, 0) is 18.9 Å². The molecule has 1 aromatic heterocycles. The number of piperazine rings is 1. The molecular weight excluding hydrogens is 292 g/mol. The summed E-state index contributed by atoms with van der Waals surface area (Å²) in [4.78, 5) is 24.1. The highest BCUT2D eigenvalue weighted by Gasteiger charge is 2.32. The standard InChI is InChI=1S/C16H24N6O/c1-13(2)16(3,12-17)20-14(23)11-21-7-9-22(10-8-21)15-18-5-4-6-19-15/h4-6,13H,7-11H2,1-3H3,(H,20,23)/p+1/t16-/m1/s1. The number of anilines is 1. The quantitative estimate of drug-likeness (QED) is 0.745. The Balaban J connectivity index is 1.82. The van der Waals surface area contributed by atoms with Crippen molar-refractivity contribution in [2.24, 2.45) is 5.92 Å². The molecule has 1 atom stereocenters. The molecule has 1 aromatic rings. The zero-order valence-corrected chi connectivity index (χ0v) is 14.0. The molecule has 1 aliphatic heterocycles. The molecule has 7 heteroatoms. The summed E-state index contributed by atoms with van der Waals surface area (Å²) in [5.74, 6) is 0.744. The summed E-state index contributed by atoms with van der Waals surface area (Å²) in [6.07, 6.45) is 3.48. The second-order valence-electron chi connectivity index (χ2n) is 6.48. The Hall–Kier alpha value is -2.20. The summed E-state index contributed by atoms with van der Waals surface area (Å²) in [6.45, 7) is 9.42. The topological polar surface area (TPSA) is 86.4 Å². The van der Waals surface area contributed by atoms with E-state index in [1.54, 1.807) is 25.4 Å². The minimum atomic E-state index is -0.809. The number of nitrogens with zero attached hydrogens (tertiary/aromatic N) is 4. The maximum absolute atomic E-state index is 12.2. The first kappa shape index (κ1) is 17.2. The van der Waals surface area contributed by atoms with Crippen molar-refractivity contribution in [3.8, 4) is 6.07 Å². The summed E-state index contributed by atoms with van der Waals surface area (Å²) < 4.78 is 0. The summed E-state index contributed by atoms with van der Waals surface area (Å²) in [6, 6.07) is 4.01. The molecule has 2 N–H and O–H groups in total. The Morgan fingerprint density at radius 2 is 2.04 bits per heavy atom. The Bertz CT molecular complexity index is 562. The van der Waals surface area contributed by atoms with Gasteiger partial charge in [0.2, 0.25) is 5.95 Å². The molecule has 0 saturated carbocycles. The zero-order valence-electron chi connectivity index (χ0n) is 14.0. The number of hydrogen-bond donors (Lipinski definition) is 2. The van der Waals surface area contributed by atoms with E-state index in [0.29, 0.717) is 6.54 Å². The maximum Gasteiger partial charge on any atom is 0.276 e. The fourth-order valence-corrected chi connectivity index (χ4v) is 2.52. The summed E-state index contributed by atoms with van der Waals surface area (Å²) in [5.41, 5.74) is -0.809. The molecule has 0 aliphatic carbocycles. The number of carbonyl (C=O) groups excluding carboxylic acids is 1. The highest BCUT2D eigenvalue weighted by atomic mass is 16.2. The molecule has 2 rings (SSSR count). The Morgan fingerprint density at radius 1 is 1.43 bits per heavy atom. The van der Waals surface area contributed by atoms with Crippen LogP contribution in [0.4, 0.5) is 5.95 Å². The van der Waals surface area contributed by atoms with E-state index in [4.69, 9.17) is 0 Å². The second-order valence-corrected chi connectivity index (χ2v) is 6.48. The summed E-state index contributed by atoms with van der Waals surface area (Å²) in [5, 5.41) is 12.2. The molecule has 1 amide bonds. The van der Waals surface area contributed by atoms with Crippen molar-refractivity contribution < 1.29 is 9.69 Å². The fraction of sp³-hybridized carbons (Fsp3) is 0.625. The number of nitrogens with one attached hydrogen (secondary N) is 2. The van der Waals surface area contributed by atoms with Crippen LogP contribution in [0.1, 0.15) is 20.8 Å². The van der Waals surface area contributed by atoms with Gasteiger partial charge in [0.1, 0.15) is 5.54 Å². The van der Waals surface area contributed by atoms with Gasteiger partial charge in [0, 0.05) is 12.4 Å². The lowest BCUT2D eigenvalue weighted by Gasteiger charge is -2.33. The maximum atomic E-state index is 12.2. The Labute approximate surface area is 137 Å². The first-order valence-corrected chi connectivity index (χ1v) is 8.02. The monoisotopic (exact) mass is 317 g/mol. The minimum absolute atomic E-state index is 0.0674. The lowest BCUT2D eigenvalue weighted by Crippen LogP contribution is -3.16. The van der Waals surface area contributed by atoms with E-state index in [0.717, 1.165) is 32.1 Å². The number of carbonyl (C=O) groups is 1. The number of nitriles is 1. The fourth-order valence-electron chi connectivity index (χ4n) is 2.52. The van der Waals surface area contributed by atoms with Crippen LogP contribution < -0.4 is 15.1 Å². The molecular formula is C16H25N6O+. The van der Waals surface area contributed by atoms with Gasteiger partial charge in [0.25, 0.3) is 5.91 Å². The van der Waals surface area contributed by atoms with E-state index >= 15 is 0 Å². The van der Waals surface area contributed by atoms with E-state index in [9.17, 15) is 10.1 Å². The average Bonchev–Trinajstić information content (AvgIpc) is 2.56. The van der Waals surface area contributed by atoms with Gasteiger partial charge in [0.15, 0.2) is 6.54 Å². The van der Waals surface area contributed by atoms with Crippen molar-refractivity contribution in [1.82, 2.24) is 15.3 Å². The first-order chi connectivity index (χ1) is 10.9. The molecule has 23 heavy (non-hydrogen) atoms. The van der Waals surface area contributed by atoms with E-state index in [1.807, 2.05) is 13.8 Å². The number of aromatic nitrogens is 2. The molecule has 0 bridgehead atoms. The van der Waals surface area contributed by atoms with Gasteiger partial charge in [-0.1, -0.05) is 13.8 Å². The van der Waals surface area contributed by atoms with E-state index in [-0.39, 0.29) is 11.8 Å². The lowest BCUT2D eigenvalue weighted by atomic mass is 9.90. The van der Waals surface area contributed by atoms with Gasteiger partial charge in [-0.25, -0.2) is 9.97 Å². The Morgan fingerprint density at radius 3 is 2.57 bits per heavy atom. The SMILES string of the molecule is CC(C)[C@@](C)(C#N)NC(=O)C[NH+]1CCN(c2ncccn2)CC1. The summed E-state index contributed by atoms with van der Waals surface area (Å²) in [7, 11) is 0. The smallest absolute Gasteiger partial charge is 0.276 e. The van der Waals surface area contributed by atoms with Crippen LogP contribution >= 0.6 is 0 Å². The summed E-state index contributed by atoms with van der Waals surface area (Å²) >= 11 is 0. The van der Waals surface area contributed by atoms with Gasteiger partial charge >= 0.3 is 0 Å². The highest BCUT2D eigenvalue weighted by Crippen LogP contribution is 2.14. The van der Waals surface area contributed by atoms with Crippen molar-refractivity contribution in [1.29, 1.82) is 5.26 Å². The van der Waals surface area contributed by atoms with E-state index < -0.39 is 5.54 Å². The van der Waals surface area contributed by atoms with Crippen molar-refractivity contribution in [3.63, 3.8) is 0 Å². The second kappa shape index (κ2) is 7.38. The van der Waals surface area contributed by atoms with Crippen molar-refractivity contribution in [2.45, 2.75) is 26.3 Å². The molecule has 124 valence electrons. The van der Waals surface area contributed by atoms with Crippen LogP contribution in [-0.4, -0.2) is 54.1 Å². The molecule has 0 unspecified atom stereocenters. The van der Waals surface area contributed by atoms with Gasteiger partial charge in [-0.3, -0.25) is 4.79 Å².